The van der Waals surface area contributed by atoms with Crippen LogP contribution in [0.2, 0.25) is 0 Å². The summed E-state index contributed by atoms with van der Waals surface area (Å²) in [6, 6.07) is 9.28. The number of aryl methyl sites for hydroxylation is 2. The van der Waals surface area contributed by atoms with Crippen molar-refractivity contribution >= 4 is 22.4 Å². The molecule has 0 atom stereocenters. The highest BCUT2D eigenvalue weighted by Crippen LogP contribution is 2.32. The minimum Gasteiger partial charge on any atom is -0.486 e. The number of hydrogen-bond acceptors (Lipinski definition) is 5. The van der Waals surface area contributed by atoms with Gasteiger partial charge in [0.15, 0.2) is 28.3 Å². The van der Waals surface area contributed by atoms with Gasteiger partial charge in [-0.05, 0) is 49.2 Å². The Kier molecular flexibility index (Phi) is 5.44. The molecule has 150 valence electrons. The average Bonchev–Trinajstić information content (AvgIpc) is 3.08. The molecule has 1 aromatic heterocycles. The number of ether oxygens (including phenoxy) is 2. The SMILES string of the molecule is Cc1sc(NC(=O)CCc2ccc3c(c2)OCCO3)nc1-c1ccc(F)c(F)c1. The number of nitrogens with one attached hydrogen (secondary N) is 1. The molecule has 8 heteroatoms. The molecule has 0 fully saturated rings. The first-order valence-corrected chi connectivity index (χ1v) is 9.92. The van der Waals surface area contributed by atoms with Crippen molar-refractivity contribution in [2.45, 2.75) is 19.8 Å². The van der Waals surface area contributed by atoms with Gasteiger partial charge in [0.05, 0.1) is 5.69 Å². The van der Waals surface area contributed by atoms with Gasteiger partial charge < -0.3 is 14.8 Å². The fourth-order valence-electron chi connectivity index (χ4n) is 3.04. The summed E-state index contributed by atoms with van der Waals surface area (Å²) >= 11 is 1.29. The smallest absolute Gasteiger partial charge is 0.226 e. The molecule has 29 heavy (non-hydrogen) atoms. The molecule has 2 heterocycles. The van der Waals surface area contributed by atoms with Gasteiger partial charge in [-0.1, -0.05) is 6.07 Å². The molecule has 0 bridgehead atoms. The van der Waals surface area contributed by atoms with Gasteiger partial charge >= 0.3 is 0 Å². The van der Waals surface area contributed by atoms with Gasteiger partial charge in [0.1, 0.15) is 13.2 Å². The number of aromatic nitrogens is 1. The fourth-order valence-corrected chi connectivity index (χ4v) is 3.90. The predicted octanol–water partition coefficient (Wildman–Crippen LogP) is 4.74. The maximum Gasteiger partial charge on any atom is 0.226 e. The second-order valence-electron chi connectivity index (χ2n) is 6.58. The predicted molar refractivity (Wildman–Crippen MR) is 107 cm³/mol. The van der Waals surface area contributed by atoms with Crippen LogP contribution in [0.15, 0.2) is 36.4 Å². The largest absolute Gasteiger partial charge is 0.486 e. The van der Waals surface area contributed by atoms with E-state index in [2.05, 4.69) is 10.3 Å². The van der Waals surface area contributed by atoms with Crippen molar-refractivity contribution in [3.05, 3.63) is 58.5 Å². The van der Waals surface area contributed by atoms with Gasteiger partial charge in [0, 0.05) is 16.9 Å². The van der Waals surface area contributed by atoms with E-state index in [9.17, 15) is 13.6 Å². The highest BCUT2D eigenvalue weighted by Gasteiger charge is 2.15. The molecule has 0 aliphatic carbocycles. The zero-order valence-corrected chi connectivity index (χ0v) is 16.4. The first kappa shape index (κ1) is 19.3. The van der Waals surface area contributed by atoms with Crippen molar-refractivity contribution in [2.24, 2.45) is 0 Å². The molecule has 3 aromatic rings. The van der Waals surface area contributed by atoms with E-state index in [1.165, 1.54) is 17.4 Å². The summed E-state index contributed by atoms with van der Waals surface area (Å²) in [5.74, 6) is -0.604. The quantitative estimate of drug-likeness (QED) is 0.653. The Morgan fingerprint density at radius 2 is 1.90 bits per heavy atom. The highest BCUT2D eigenvalue weighted by molar-refractivity contribution is 7.16. The van der Waals surface area contributed by atoms with Crippen molar-refractivity contribution in [2.75, 3.05) is 18.5 Å². The van der Waals surface area contributed by atoms with Crippen LogP contribution in [0.1, 0.15) is 16.9 Å². The summed E-state index contributed by atoms with van der Waals surface area (Å²) < 4.78 is 37.7. The van der Waals surface area contributed by atoms with Crippen molar-refractivity contribution < 1.29 is 23.0 Å². The summed E-state index contributed by atoms with van der Waals surface area (Å²) in [6.07, 6.45) is 0.821. The third-order valence-corrected chi connectivity index (χ3v) is 5.37. The second-order valence-corrected chi connectivity index (χ2v) is 7.78. The van der Waals surface area contributed by atoms with Crippen LogP contribution in [0, 0.1) is 18.6 Å². The summed E-state index contributed by atoms with van der Waals surface area (Å²) in [5, 5.41) is 3.20. The van der Waals surface area contributed by atoms with Gasteiger partial charge in [0.25, 0.3) is 0 Å². The average molecular weight is 416 g/mol. The number of carbonyl (C=O) groups is 1. The Balaban J connectivity index is 1.39. The summed E-state index contributed by atoms with van der Waals surface area (Å²) in [6.45, 7) is 2.87. The molecule has 0 radical (unpaired) electrons. The number of nitrogens with zero attached hydrogens (tertiary/aromatic N) is 1. The molecule has 0 spiro atoms. The number of benzene rings is 2. The molecular weight excluding hydrogens is 398 g/mol. The molecule has 1 N–H and O–H groups in total. The van der Waals surface area contributed by atoms with Crippen molar-refractivity contribution in [1.29, 1.82) is 0 Å². The minimum absolute atomic E-state index is 0.175. The molecule has 5 nitrogen and oxygen atoms in total. The molecule has 2 aromatic carbocycles. The van der Waals surface area contributed by atoms with Gasteiger partial charge in [-0.2, -0.15) is 0 Å². The molecule has 1 amide bonds. The number of anilines is 1. The lowest BCUT2D eigenvalue weighted by Crippen LogP contribution is -2.15. The molecule has 4 rings (SSSR count). The van der Waals surface area contributed by atoms with Crippen LogP contribution in [0.5, 0.6) is 11.5 Å². The standard InChI is InChI=1S/C21H18F2N2O3S/c1-12-20(14-4-5-15(22)16(23)11-14)25-21(29-12)24-19(26)7-3-13-2-6-17-18(10-13)28-9-8-27-17/h2,4-6,10-11H,3,7-9H2,1H3,(H,24,25,26). The minimum atomic E-state index is -0.931. The Hall–Kier alpha value is -3.00. The third kappa shape index (κ3) is 4.37. The van der Waals surface area contributed by atoms with E-state index in [4.69, 9.17) is 9.47 Å². The fraction of sp³-hybridized carbons (Fsp3) is 0.238. The van der Waals surface area contributed by atoms with Crippen molar-refractivity contribution in [3.8, 4) is 22.8 Å². The van der Waals surface area contributed by atoms with Crippen molar-refractivity contribution in [1.82, 2.24) is 4.98 Å². The first-order valence-electron chi connectivity index (χ1n) is 9.11. The van der Waals surface area contributed by atoms with Crippen LogP contribution in [0.4, 0.5) is 13.9 Å². The Bertz CT molecular complexity index is 1070. The van der Waals surface area contributed by atoms with E-state index in [0.717, 1.165) is 22.6 Å². The van der Waals surface area contributed by atoms with Gasteiger partial charge in [-0.25, -0.2) is 13.8 Å². The number of carbonyl (C=O) groups excluding carboxylic acids is 1. The molecule has 0 saturated carbocycles. The normalized spacial score (nSPS) is 12.7. The molecular formula is C21H18F2N2O3S. The highest BCUT2D eigenvalue weighted by atomic mass is 32.1. The van der Waals surface area contributed by atoms with E-state index in [0.29, 0.717) is 47.5 Å². The lowest BCUT2D eigenvalue weighted by molar-refractivity contribution is -0.116. The number of hydrogen-bond donors (Lipinski definition) is 1. The summed E-state index contributed by atoms with van der Waals surface area (Å²) in [4.78, 5) is 17.5. The molecule has 0 unspecified atom stereocenters. The van der Waals surface area contributed by atoms with E-state index in [1.807, 2.05) is 25.1 Å². The molecule has 1 aliphatic heterocycles. The summed E-state index contributed by atoms with van der Waals surface area (Å²) in [7, 11) is 0. The van der Waals surface area contributed by atoms with E-state index < -0.39 is 11.6 Å². The van der Waals surface area contributed by atoms with Crippen LogP contribution in [0.25, 0.3) is 11.3 Å². The van der Waals surface area contributed by atoms with E-state index in [1.54, 1.807) is 0 Å². The number of thiazole rings is 1. The number of fused-ring (bicyclic) bond motifs is 1. The van der Waals surface area contributed by atoms with Crippen LogP contribution in [0.3, 0.4) is 0 Å². The van der Waals surface area contributed by atoms with Crippen molar-refractivity contribution in [3.63, 3.8) is 0 Å². The Morgan fingerprint density at radius 3 is 2.69 bits per heavy atom. The molecule has 1 aliphatic rings. The van der Waals surface area contributed by atoms with Crippen LogP contribution >= 0.6 is 11.3 Å². The third-order valence-electron chi connectivity index (χ3n) is 4.48. The topological polar surface area (TPSA) is 60.5 Å². The monoisotopic (exact) mass is 416 g/mol. The molecule has 0 saturated heterocycles. The van der Waals surface area contributed by atoms with Gasteiger partial charge in [-0.15, -0.1) is 11.3 Å². The Labute approximate surface area is 170 Å². The summed E-state index contributed by atoms with van der Waals surface area (Å²) in [5.41, 5.74) is 1.97. The van der Waals surface area contributed by atoms with Crippen LogP contribution in [-0.2, 0) is 11.2 Å². The van der Waals surface area contributed by atoms with E-state index >= 15 is 0 Å². The first-order chi connectivity index (χ1) is 14.0. The number of amides is 1. The Morgan fingerprint density at radius 1 is 1.10 bits per heavy atom. The lowest BCUT2D eigenvalue weighted by Gasteiger charge is -2.18. The number of halogens is 2. The van der Waals surface area contributed by atoms with Gasteiger partial charge in [-0.3, -0.25) is 4.79 Å². The zero-order chi connectivity index (χ0) is 20.4. The van der Waals surface area contributed by atoms with E-state index in [-0.39, 0.29) is 12.3 Å². The van der Waals surface area contributed by atoms with Crippen LogP contribution < -0.4 is 14.8 Å². The number of rotatable bonds is 5. The second kappa shape index (κ2) is 8.16. The maximum atomic E-state index is 13.5. The maximum absolute atomic E-state index is 13.5. The lowest BCUT2D eigenvalue weighted by atomic mass is 10.1. The van der Waals surface area contributed by atoms with Crippen LogP contribution in [-0.4, -0.2) is 24.1 Å². The zero-order valence-electron chi connectivity index (χ0n) is 15.6. The van der Waals surface area contributed by atoms with Gasteiger partial charge in [0.2, 0.25) is 5.91 Å².